The van der Waals surface area contributed by atoms with Crippen LogP contribution in [0.15, 0.2) is 0 Å². The largest absolute Gasteiger partial charge is 0.465 e. The Bertz CT molecular complexity index is 626. The van der Waals surface area contributed by atoms with Gasteiger partial charge in [-0.25, -0.2) is 0 Å². The van der Waals surface area contributed by atoms with E-state index >= 15 is 0 Å². The van der Waals surface area contributed by atoms with Crippen molar-refractivity contribution in [1.82, 2.24) is 0 Å². The standard InChI is InChI=1S/C27H46O2/c1-18(2)8-7-9-19(3)20-12-14-27(6)22-10-11-23-24(28)29-17-16-25(23,4)21(22)13-15-26(20,27)5/h18-23H,7-17H2,1-6H3. The maximum atomic E-state index is 12.5. The average Bonchev–Trinajstić information content (AvgIpc) is 2.93. The summed E-state index contributed by atoms with van der Waals surface area (Å²) in [7, 11) is 0. The first-order chi connectivity index (χ1) is 13.6. The second kappa shape index (κ2) is 7.56. The van der Waals surface area contributed by atoms with Gasteiger partial charge < -0.3 is 4.74 Å². The second-order valence-electron chi connectivity index (χ2n) is 12.6. The Morgan fingerprint density at radius 1 is 0.897 bits per heavy atom. The van der Waals surface area contributed by atoms with Crippen LogP contribution >= 0.6 is 0 Å². The molecule has 3 aliphatic carbocycles. The highest BCUT2D eigenvalue weighted by Crippen LogP contribution is 2.73. The number of carbonyl (C=O) groups excluding carboxylic acids is 1. The van der Waals surface area contributed by atoms with Crippen LogP contribution in [0.2, 0.25) is 0 Å². The van der Waals surface area contributed by atoms with Gasteiger partial charge >= 0.3 is 5.97 Å². The molecule has 4 fully saturated rings. The molecule has 4 rings (SSSR count). The molecular weight excluding hydrogens is 356 g/mol. The fourth-order valence-electron chi connectivity index (χ4n) is 9.09. The van der Waals surface area contributed by atoms with E-state index in [4.69, 9.17) is 4.74 Å². The van der Waals surface area contributed by atoms with Crippen molar-refractivity contribution in [2.24, 2.45) is 51.8 Å². The molecule has 29 heavy (non-hydrogen) atoms. The van der Waals surface area contributed by atoms with E-state index in [1.54, 1.807) is 0 Å². The third kappa shape index (κ3) is 3.21. The summed E-state index contributed by atoms with van der Waals surface area (Å²) in [5, 5.41) is 0. The van der Waals surface area contributed by atoms with Crippen molar-refractivity contribution in [3.05, 3.63) is 0 Å². The van der Waals surface area contributed by atoms with E-state index in [0.29, 0.717) is 17.4 Å². The van der Waals surface area contributed by atoms with Gasteiger partial charge in [-0.15, -0.1) is 0 Å². The summed E-state index contributed by atoms with van der Waals surface area (Å²) in [4.78, 5) is 12.5. The zero-order valence-electron chi connectivity index (χ0n) is 20.1. The van der Waals surface area contributed by atoms with E-state index in [1.807, 2.05) is 0 Å². The molecule has 8 atom stereocenters. The van der Waals surface area contributed by atoms with E-state index in [0.717, 1.165) is 42.4 Å². The monoisotopic (exact) mass is 402 g/mol. The van der Waals surface area contributed by atoms with Gasteiger partial charge in [-0.3, -0.25) is 4.79 Å². The number of rotatable bonds is 5. The predicted octanol–water partition coefficient (Wildman–Crippen LogP) is 7.26. The van der Waals surface area contributed by atoms with E-state index in [1.165, 1.54) is 51.4 Å². The van der Waals surface area contributed by atoms with Gasteiger partial charge in [0.05, 0.1) is 12.5 Å². The third-order valence-corrected chi connectivity index (χ3v) is 11.1. The highest BCUT2D eigenvalue weighted by Gasteiger charge is 2.66. The lowest BCUT2D eigenvalue weighted by molar-refractivity contribution is -0.193. The molecule has 0 bridgehead atoms. The van der Waals surface area contributed by atoms with Crippen LogP contribution in [0.25, 0.3) is 0 Å². The molecule has 0 spiro atoms. The second-order valence-corrected chi connectivity index (χ2v) is 12.6. The number of carbonyl (C=O) groups is 1. The predicted molar refractivity (Wildman–Crippen MR) is 119 cm³/mol. The highest BCUT2D eigenvalue weighted by atomic mass is 16.5. The molecule has 2 nitrogen and oxygen atoms in total. The Morgan fingerprint density at radius 3 is 2.34 bits per heavy atom. The molecule has 1 saturated heterocycles. The smallest absolute Gasteiger partial charge is 0.309 e. The Balaban J connectivity index is 1.54. The van der Waals surface area contributed by atoms with Crippen LogP contribution in [0.5, 0.6) is 0 Å². The van der Waals surface area contributed by atoms with Crippen molar-refractivity contribution in [2.75, 3.05) is 6.61 Å². The topological polar surface area (TPSA) is 26.3 Å². The molecule has 2 heteroatoms. The summed E-state index contributed by atoms with van der Waals surface area (Å²) in [5.41, 5.74) is 1.13. The Morgan fingerprint density at radius 2 is 1.62 bits per heavy atom. The number of hydrogen-bond donors (Lipinski definition) is 0. The molecule has 0 aromatic carbocycles. The maximum Gasteiger partial charge on any atom is 0.309 e. The molecule has 3 saturated carbocycles. The van der Waals surface area contributed by atoms with Crippen LogP contribution in [0, 0.1) is 51.8 Å². The zero-order chi connectivity index (χ0) is 21.0. The average molecular weight is 403 g/mol. The number of hydrogen-bond acceptors (Lipinski definition) is 2. The number of cyclic esters (lactones) is 1. The summed E-state index contributed by atoms with van der Waals surface area (Å²) < 4.78 is 5.49. The first-order valence-corrected chi connectivity index (χ1v) is 12.8. The van der Waals surface area contributed by atoms with Crippen molar-refractivity contribution in [3.63, 3.8) is 0 Å². The van der Waals surface area contributed by atoms with Gasteiger partial charge in [0.2, 0.25) is 0 Å². The van der Waals surface area contributed by atoms with E-state index in [2.05, 4.69) is 41.5 Å². The first kappa shape index (κ1) is 21.7. The molecule has 0 N–H and O–H groups in total. The molecule has 0 amide bonds. The van der Waals surface area contributed by atoms with Crippen molar-refractivity contribution in [2.45, 2.75) is 106 Å². The third-order valence-electron chi connectivity index (χ3n) is 11.1. The van der Waals surface area contributed by atoms with Crippen LogP contribution in [0.3, 0.4) is 0 Å². The summed E-state index contributed by atoms with van der Waals surface area (Å²) in [6, 6.07) is 0. The molecule has 1 aliphatic heterocycles. The van der Waals surface area contributed by atoms with Crippen LogP contribution in [0.4, 0.5) is 0 Å². The van der Waals surface area contributed by atoms with Gasteiger partial charge in [0.15, 0.2) is 0 Å². The Hall–Kier alpha value is -0.530. The minimum Gasteiger partial charge on any atom is -0.465 e. The van der Waals surface area contributed by atoms with Gasteiger partial charge in [0.25, 0.3) is 0 Å². The van der Waals surface area contributed by atoms with Crippen LogP contribution in [-0.2, 0) is 9.53 Å². The van der Waals surface area contributed by atoms with Crippen molar-refractivity contribution in [3.8, 4) is 0 Å². The number of fused-ring (bicyclic) bond motifs is 5. The minimum atomic E-state index is 0.110. The van der Waals surface area contributed by atoms with Gasteiger partial charge in [-0.2, -0.15) is 0 Å². The van der Waals surface area contributed by atoms with Crippen LogP contribution in [0.1, 0.15) is 106 Å². The van der Waals surface area contributed by atoms with Crippen LogP contribution in [-0.4, -0.2) is 12.6 Å². The molecule has 4 aliphatic rings. The van der Waals surface area contributed by atoms with Gasteiger partial charge in [0, 0.05) is 0 Å². The van der Waals surface area contributed by atoms with Gasteiger partial charge in [0.1, 0.15) is 0 Å². The van der Waals surface area contributed by atoms with E-state index < -0.39 is 0 Å². The van der Waals surface area contributed by atoms with Gasteiger partial charge in [-0.1, -0.05) is 60.8 Å². The fourth-order valence-corrected chi connectivity index (χ4v) is 9.09. The summed E-state index contributed by atoms with van der Waals surface area (Å²) >= 11 is 0. The molecule has 1 heterocycles. The van der Waals surface area contributed by atoms with E-state index in [9.17, 15) is 4.79 Å². The Labute approximate surface area is 179 Å². The summed E-state index contributed by atoms with van der Waals surface area (Å²) in [6.45, 7) is 15.7. The minimum absolute atomic E-state index is 0.110. The molecular formula is C27H46O2. The normalized spacial score (nSPS) is 47.9. The zero-order valence-corrected chi connectivity index (χ0v) is 20.1. The molecule has 8 unspecified atom stereocenters. The summed E-state index contributed by atoms with van der Waals surface area (Å²) in [6.07, 6.45) is 13.2. The lowest BCUT2D eigenvalue weighted by Gasteiger charge is -2.64. The summed E-state index contributed by atoms with van der Waals surface area (Å²) in [5.74, 6) is 4.39. The molecule has 166 valence electrons. The number of ether oxygens (including phenoxy) is 1. The SMILES string of the molecule is CC(C)CCCC(C)C1CCC2(C)C3CCC4C(=O)OCCC4(C)C3CCC12C. The van der Waals surface area contributed by atoms with Gasteiger partial charge in [-0.05, 0) is 90.8 Å². The molecule has 0 aromatic heterocycles. The van der Waals surface area contributed by atoms with Crippen molar-refractivity contribution >= 4 is 5.97 Å². The Kier molecular flexibility index (Phi) is 5.65. The highest BCUT2D eigenvalue weighted by molar-refractivity contribution is 5.74. The molecule has 0 aromatic rings. The first-order valence-electron chi connectivity index (χ1n) is 12.8. The lowest BCUT2D eigenvalue weighted by Crippen LogP contribution is -2.59. The maximum absolute atomic E-state index is 12.5. The van der Waals surface area contributed by atoms with E-state index in [-0.39, 0.29) is 17.3 Å². The fraction of sp³-hybridized carbons (Fsp3) is 0.963. The van der Waals surface area contributed by atoms with Crippen molar-refractivity contribution in [1.29, 1.82) is 0 Å². The number of esters is 1. The lowest BCUT2D eigenvalue weighted by atomic mass is 9.41. The van der Waals surface area contributed by atoms with Crippen LogP contribution < -0.4 is 0 Å². The quantitative estimate of drug-likeness (QED) is 0.452. The van der Waals surface area contributed by atoms with Crippen molar-refractivity contribution < 1.29 is 9.53 Å². The molecule has 0 radical (unpaired) electrons.